The van der Waals surface area contributed by atoms with Gasteiger partial charge < -0.3 is 42.6 Å². The van der Waals surface area contributed by atoms with Crippen LogP contribution in [-0.2, 0) is 36.8 Å². The molecule has 4 atom stereocenters. The summed E-state index contributed by atoms with van der Waals surface area (Å²) >= 11 is 0. The van der Waals surface area contributed by atoms with Gasteiger partial charge in [0.15, 0.2) is 0 Å². The van der Waals surface area contributed by atoms with E-state index < -0.39 is 60.4 Å². The molecule has 13 nitrogen and oxygen atoms in total. The molecule has 0 aliphatic heterocycles. The maximum atomic E-state index is 13.4. The van der Waals surface area contributed by atoms with Gasteiger partial charge in [-0.25, -0.2) is 4.79 Å². The molecule has 1 aromatic heterocycles. The van der Waals surface area contributed by atoms with Gasteiger partial charge in [-0.1, -0.05) is 48.5 Å². The number of amides is 4. The molecule has 13 heteroatoms. The minimum Gasteiger partial charge on any atom is -0.480 e. The molecule has 10 N–H and O–H groups in total. The predicted octanol–water partition coefficient (Wildman–Crippen LogP) is -0.923. The molecule has 41 heavy (non-hydrogen) atoms. The molecule has 2 aromatic carbocycles. The third-order valence-electron chi connectivity index (χ3n) is 6.48. The number of para-hydroxylation sites is 1. The highest BCUT2D eigenvalue weighted by atomic mass is 16.4. The first kappa shape index (κ1) is 30.8. The lowest BCUT2D eigenvalue weighted by molar-refractivity contribution is -0.143. The number of aliphatic carboxylic acids is 1. The Bertz CT molecular complexity index is 1380. The monoisotopic (exact) mass is 566 g/mol. The second-order valence-electron chi connectivity index (χ2n) is 9.57. The van der Waals surface area contributed by atoms with Crippen LogP contribution in [-0.4, -0.2) is 75.6 Å². The molecule has 0 aliphatic rings. The van der Waals surface area contributed by atoms with Crippen LogP contribution in [0.2, 0.25) is 0 Å². The van der Waals surface area contributed by atoms with Crippen LogP contribution >= 0.6 is 0 Å². The van der Waals surface area contributed by atoms with Crippen molar-refractivity contribution in [1.29, 1.82) is 0 Å². The van der Waals surface area contributed by atoms with Crippen molar-refractivity contribution in [2.24, 2.45) is 11.5 Å². The van der Waals surface area contributed by atoms with Crippen LogP contribution in [0.15, 0.2) is 60.8 Å². The number of aliphatic hydroxyl groups is 1. The number of carbonyl (C=O) groups excluding carboxylic acids is 4. The number of H-pyrrole nitrogens is 1. The Hall–Kier alpha value is -4.75. The Balaban J connectivity index is 1.81. The summed E-state index contributed by atoms with van der Waals surface area (Å²) in [5.41, 5.74) is 13.6. The van der Waals surface area contributed by atoms with Crippen molar-refractivity contribution in [2.75, 3.05) is 6.61 Å². The highest BCUT2D eigenvalue weighted by Gasteiger charge is 2.31. The van der Waals surface area contributed by atoms with Crippen molar-refractivity contribution < 1.29 is 34.2 Å². The molecular weight excluding hydrogens is 532 g/mol. The van der Waals surface area contributed by atoms with Gasteiger partial charge in [0.25, 0.3) is 0 Å². The van der Waals surface area contributed by atoms with E-state index in [1.165, 1.54) is 0 Å². The smallest absolute Gasteiger partial charge is 0.328 e. The lowest BCUT2D eigenvalue weighted by atomic mass is 10.0. The molecule has 218 valence electrons. The molecule has 0 aliphatic carbocycles. The summed E-state index contributed by atoms with van der Waals surface area (Å²) in [6, 6.07) is 11.1. The molecule has 0 radical (unpaired) electrons. The van der Waals surface area contributed by atoms with Gasteiger partial charge in [-0.05, 0) is 30.0 Å². The normalized spacial score (nSPS) is 13.9. The summed E-state index contributed by atoms with van der Waals surface area (Å²) in [6.45, 7) is -0.870. The first-order valence-electron chi connectivity index (χ1n) is 13.0. The number of primary amides is 1. The molecule has 1 heterocycles. The topological polar surface area (TPSA) is 230 Å². The van der Waals surface area contributed by atoms with E-state index in [1.54, 1.807) is 36.5 Å². The summed E-state index contributed by atoms with van der Waals surface area (Å²) in [6.07, 6.45) is 1.40. The van der Waals surface area contributed by atoms with Gasteiger partial charge >= 0.3 is 5.97 Å². The van der Waals surface area contributed by atoms with Crippen LogP contribution in [0.4, 0.5) is 0 Å². The minimum absolute atomic E-state index is 0.0522. The first-order valence-corrected chi connectivity index (χ1v) is 13.0. The molecule has 3 rings (SSSR count). The second-order valence-corrected chi connectivity index (χ2v) is 9.57. The Morgan fingerprint density at radius 3 is 2.07 bits per heavy atom. The summed E-state index contributed by atoms with van der Waals surface area (Å²) in [5, 5.41) is 26.8. The average molecular weight is 567 g/mol. The van der Waals surface area contributed by atoms with Crippen molar-refractivity contribution in [3.8, 4) is 0 Å². The van der Waals surface area contributed by atoms with Crippen LogP contribution in [0, 0.1) is 0 Å². The number of aromatic amines is 1. The van der Waals surface area contributed by atoms with Crippen molar-refractivity contribution in [2.45, 2.75) is 49.9 Å². The molecule has 0 bridgehead atoms. The van der Waals surface area contributed by atoms with E-state index in [-0.39, 0.29) is 25.7 Å². The highest BCUT2D eigenvalue weighted by Crippen LogP contribution is 2.19. The Labute approximate surface area is 235 Å². The van der Waals surface area contributed by atoms with Crippen LogP contribution in [0.1, 0.15) is 24.0 Å². The highest BCUT2D eigenvalue weighted by molar-refractivity contribution is 5.95. The van der Waals surface area contributed by atoms with Crippen LogP contribution in [0.5, 0.6) is 0 Å². The van der Waals surface area contributed by atoms with Crippen molar-refractivity contribution >= 4 is 40.5 Å². The molecular formula is C28H34N6O7. The summed E-state index contributed by atoms with van der Waals surface area (Å²) < 4.78 is 0. The van der Waals surface area contributed by atoms with Gasteiger partial charge in [0.1, 0.15) is 18.1 Å². The van der Waals surface area contributed by atoms with E-state index in [1.807, 2.05) is 24.3 Å². The summed E-state index contributed by atoms with van der Waals surface area (Å²) in [7, 11) is 0. The van der Waals surface area contributed by atoms with Gasteiger partial charge in [0.2, 0.25) is 23.6 Å². The van der Waals surface area contributed by atoms with Crippen molar-refractivity contribution in [1.82, 2.24) is 20.9 Å². The third kappa shape index (κ3) is 8.88. The Morgan fingerprint density at radius 1 is 0.805 bits per heavy atom. The number of fused-ring (bicyclic) bond motifs is 1. The van der Waals surface area contributed by atoms with E-state index in [9.17, 15) is 34.2 Å². The lowest BCUT2D eigenvalue weighted by Gasteiger charge is -2.25. The number of benzene rings is 2. The zero-order chi connectivity index (χ0) is 29.9. The maximum Gasteiger partial charge on any atom is 0.328 e. The fraction of sp³-hybridized carbons (Fsp3) is 0.321. The molecule has 0 saturated carbocycles. The molecule has 0 saturated heterocycles. The van der Waals surface area contributed by atoms with Crippen LogP contribution in [0.25, 0.3) is 10.9 Å². The van der Waals surface area contributed by atoms with Gasteiger partial charge in [-0.2, -0.15) is 0 Å². The minimum atomic E-state index is -1.61. The van der Waals surface area contributed by atoms with Crippen molar-refractivity contribution in [3.05, 3.63) is 71.9 Å². The second kappa shape index (κ2) is 14.6. The van der Waals surface area contributed by atoms with E-state index in [0.29, 0.717) is 5.56 Å². The predicted molar refractivity (Wildman–Crippen MR) is 149 cm³/mol. The van der Waals surface area contributed by atoms with Gasteiger partial charge in [-0.3, -0.25) is 19.2 Å². The number of nitrogens with two attached hydrogens (primary N) is 2. The zero-order valence-corrected chi connectivity index (χ0v) is 22.2. The number of hydrogen-bond acceptors (Lipinski definition) is 7. The molecule has 0 fully saturated rings. The number of hydrogen-bond donors (Lipinski definition) is 8. The molecule has 4 unspecified atom stereocenters. The number of carboxylic acids is 1. The van der Waals surface area contributed by atoms with Gasteiger partial charge in [-0.15, -0.1) is 0 Å². The van der Waals surface area contributed by atoms with E-state index >= 15 is 0 Å². The largest absolute Gasteiger partial charge is 0.480 e. The van der Waals surface area contributed by atoms with Crippen molar-refractivity contribution in [3.63, 3.8) is 0 Å². The van der Waals surface area contributed by atoms with E-state index in [2.05, 4.69) is 20.9 Å². The van der Waals surface area contributed by atoms with Crippen LogP contribution in [0.3, 0.4) is 0 Å². The summed E-state index contributed by atoms with van der Waals surface area (Å²) in [4.78, 5) is 65.4. The van der Waals surface area contributed by atoms with E-state index in [0.717, 1.165) is 16.5 Å². The lowest BCUT2D eigenvalue weighted by Crippen LogP contribution is -2.58. The standard InChI is InChI=1S/C28H34N6O7/c29-19(12-16-6-2-1-3-7-16)25(37)32-21(10-11-24(30)36)26(38)33-22(27(39)34-23(15-35)28(40)41)13-17-14-31-20-9-5-4-8-18(17)20/h1-9,14,19,21-23,31,35H,10-13,15,29H2,(H2,30,36)(H,32,37)(H,33,38)(H,34,39)(H,40,41). The van der Waals surface area contributed by atoms with E-state index in [4.69, 9.17) is 11.5 Å². The molecule has 4 amide bonds. The first-order chi connectivity index (χ1) is 19.6. The molecule has 0 spiro atoms. The van der Waals surface area contributed by atoms with Gasteiger partial charge in [0.05, 0.1) is 12.6 Å². The third-order valence-corrected chi connectivity index (χ3v) is 6.48. The number of aliphatic hydroxyl groups excluding tert-OH is 1. The zero-order valence-electron chi connectivity index (χ0n) is 22.2. The Kier molecular flexibility index (Phi) is 11.0. The SMILES string of the molecule is NC(=O)CCC(NC(=O)C(N)Cc1ccccc1)C(=O)NC(Cc1c[nH]c2ccccc12)C(=O)NC(CO)C(=O)O. The number of rotatable bonds is 15. The fourth-order valence-corrected chi connectivity index (χ4v) is 4.25. The number of carboxylic acid groups (broad SMARTS) is 1. The Morgan fingerprint density at radius 2 is 1.41 bits per heavy atom. The number of aromatic nitrogens is 1. The van der Waals surface area contributed by atoms with Crippen LogP contribution < -0.4 is 27.4 Å². The van der Waals surface area contributed by atoms with Gasteiger partial charge in [0, 0.05) is 29.9 Å². The number of carbonyl (C=O) groups is 5. The summed E-state index contributed by atoms with van der Waals surface area (Å²) in [5.74, 6) is -4.49. The number of nitrogens with one attached hydrogen (secondary N) is 4. The average Bonchev–Trinajstić information content (AvgIpc) is 3.36. The molecule has 3 aromatic rings. The fourth-order valence-electron chi connectivity index (χ4n) is 4.25. The maximum absolute atomic E-state index is 13.4. The quantitative estimate of drug-likeness (QED) is 0.114.